The third-order valence-corrected chi connectivity index (χ3v) is 2.88. The lowest BCUT2D eigenvalue weighted by Crippen LogP contribution is -2.17. The molecule has 2 rings (SSSR count). The van der Waals surface area contributed by atoms with Gasteiger partial charge in [-0.2, -0.15) is 0 Å². The SMILES string of the molecule is CCCn1cc(C[C@@H](C)N)c2ccccc21. The first-order valence-corrected chi connectivity index (χ1v) is 6.04. The molecule has 0 unspecified atom stereocenters. The highest BCUT2D eigenvalue weighted by molar-refractivity contribution is 5.84. The van der Waals surface area contributed by atoms with Crippen molar-refractivity contribution in [3.8, 4) is 0 Å². The minimum Gasteiger partial charge on any atom is -0.347 e. The van der Waals surface area contributed by atoms with Gasteiger partial charge in [0.05, 0.1) is 0 Å². The van der Waals surface area contributed by atoms with Gasteiger partial charge in [-0.1, -0.05) is 25.1 Å². The maximum absolute atomic E-state index is 5.89. The van der Waals surface area contributed by atoms with Gasteiger partial charge in [-0.25, -0.2) is 0 Å². The van der Waals surface area contributed by atoms with Crippen LogP contribution in [-0.4, -0.2) is 10.6 Å². The van der Waals surface area contributed by atoms with E-state index < -0.39 is 0 Å². The molecule has 0 saturated carbocycles. The number of nitrogens with two attached hydrogens (primary N) is 1. The number of rotatable bonds is 4. The van der Waals surface area contributed by atoms with Crippen molar-refractivity contribution in [1.82, 2.24) is 4.57 Å². The van der Waals surface area contributed by atoms with Crippen molar-refractivity contribution in [3.05, 3.63) is 36.0 Å². The van der Waals surface area contributed by atoms with Gasteiger partial charge in [0.1, 0.15) is 0 Å². The van der Waals surface area contributed by atoms with Crippen LogP contribution in [0, 0.1) is 0 Å². The zero-order valence-corrected chi connectivity index (χ0v) is 10.1. The van der Waals surface area contributed by atoms with Crippen LogP contribution in [0.2, 0.25) is 0 Å². The molecule has 86 valence electrons. The molecule has 0 aliphatic carbocycles. The molecule has 0 aliphatic heterocycles. The van der Waals surface area contributed by atoms with E-state index in [9.17, 15) is 0 Å². The molecule has 0 amide bonds. The average Bonchev–Trinajstić information content (AvgIpc) is 2.58. The summed E-state index contributed by atoms with van der Waals surface area (Å²) in [6, 6.07) is 8.81. The molecule has 16 heavy (non-hydrogen) atoms. The van der Waals surface area contributed by atoms with Crippen molar-refractivity contribution >= 4 is 10.9 Å². The van der Waals surface area contributed by atoms with Crippen LogP contribution in [0.25, 0.3) is 10.9 Å². The zero-order valence-electron chi connectivity index (χ0n) is 10.1. The molecule has 0 saturated heterocycles. The lowest BCUT2D eigenvalue weighted by molar-refractivity contribution is 0.692. The molecule has 0 radical (unpaired) electrons. The molecule has 0 aliphatic rings. The molecule has 0 bridgehead atoms. The van der Waals surface area contributed by atoms with Gasteiger partial charge in [0, 0.05) is 29.7 Å². The highest BCUT2D eigenvalue weighted by atomic mass is 15.0. The molecule has 1 heterocycles. The van der Waals surface area contributed by atoms with Crippen LogP contribution in [0.3, 0.4) is 0 Å². The van der Waals surface area contributed by atoms with Gasteiger partial charge >= 0.3 is 0 Å². The minimum atomic E-state index is 0.223. The van der Waals surface area contributed by atoms with Gasteiger partial charge in [-0.3, -0.25) is 0 Å². The lowest BCUT2D eigenvalue weighted by atomic mass is 10.1. The van der Waals surface area contributed by atoms with Crippen LogP contribution in [0.15, 0.2) is 30.5 Å². The molecule has 2 aromatic rings. The first-order valence-electron chi connectivity index (χ1n) is 6.04. The number of aryl methyl sites for hydroxylation is 1. The topological polar surface area (TPSA) is 30.9 Å². The van der Waals surface area contributed by atoms with Crippen molar-refractivity contribution in [2.75, 3.05) is 0 Å². The Balaban J connectivity index is 2.48. The number of aromatic nitrogens is 1. The van der Waals surface area contributed by atoms with Crippen molar-refractivity contribution in [3.63, 3.8) is 0 Å². The molecular weight excluding hydrogens is 196 g/mol. The van der Waals surface area contributed by atoms with Gasteiger partial charge in [0.2, 0.25) is 0 Å². The number of hydrogen-bond donors (Lipinski definition) is 1. The summed E-state index contributed by atoms with van der Waals surface area (Å²) < 4.78 is 2.34. The molecular formula is C14H20N2. The monoisotopic (exact) mass is 216 g/mol. The van der Waals surface area contributed by atoms with Gasteiger partial charge < -0.3 is 10.3 Å². The van der Waals surface area contributed by atoms with Crippen molar-refractivity contribution < 1.29 is 0 Å². The van der Waals surface area contributed by atoms with Crippen LogP contribution < -0.4 is 5.73 Å². The number of benzene rings is 1. The second-order valence-electron chi connectivity index (χ2n) is 4.55. The Hall–Kier alpha value is -1.28. The third kappa shape index (κ3) is 2.12. The second kappa shape index (κ2) is 4.71. The van der Waals surface area contributed by atoms with E-state index in [0.717, 1.165) is 19.4 Å². The summed E-state index contributed by atoms with van der Waals surface area (Å²) in [5.74, 6) is 0. The van der Waals surface area contributed by atoms with E-state index in [-0.39, 0.29) is 6.04 Å². The highest BCUT2D eigenvalue weighted by Crippen LogP contribution is 2.22. The van der Waals surface area contributed by atoms with Crippen LogP contribution >= 0.6 is 0 Å². The number of nitrogens with zero attached hydrogens (tertiary/aromatic N) is 1. The Labute approximate surface area is 97.1 Å². The smallest absolute Gasteiger partial charge is 0.0483 e. The molecule has 1 aromatic heterocycles. The predicted molar refractivity (Wildman–Crippen MR) is 69.6 cm³/mol. The summed E-state index contributed by atoms with van der Waals surface area (Å²) >= 11 is 0. The van der Waals surface area contributed by atoms with Crippen LogP contribution in [-0.2, 0) is 13.0 Å². The van der Waals surface area contributed by atoms with Gasteiger partial charge in [-0.05, 0) is 31.4 Å². The van der Waals surface area contributed by atoms with Gasteiger partial charge in [0.15, 0.2) is 0 Å². The maximum atomic E-state index is 5.89. The van der Waals surface area contributed by atoms with Crippen molar-refractivity contribution in [1.29, 1.82) is 0 Å². The van der Waals surface area contributed by atoms with E-state index >= 15 is 0 Å². The molecule has 2 heteroatoms. The number of para-hydroxylation sites is 1. The van der Waals surface area contributed by atoms with E-state index in [4.69, 9.17) is 5.73 Å². The second-order valence-corrected chi connectivity index (χ2v) is 4.55. The molecule has 2 nitrogen and oxygen atoms in total. The van der Waals surface area contributed by atoms with Crippen LogP contribution in [0.4, 0.5) is 0 Å². The summed E-state index contributed by atoms with van der Waals surface area (Å²) in [6.07, 6.45) is 4.38. The maximum Gasteiger partial charge on any atom is 0.0483 e. The minimum absolute atomic E-state index is 0.223. The van der Waals surface area contributed by atoms with E-state index in [0.29, 0.717) is 0 Å². The van der Waals surface area contributed by atoms with Crippen LogP contribution in [0.5, 0.6) is 0 Å². The number of fused-ring (bicyclic) bond motifs is 1. The average molecular weight is 216 g/mol. The van der Waals surface area contributed by atoms with E-state index in [1.165, 1.54) is 16.5 Å². The molecule has 1 atom stereocenters. The Morgan fingerprint density at radius 2 is 2.06 bits per heavy atom. The highest BCUT2D eigenvalue weighted by Gasteiger charge is 2.08. The molecule has 1 aromatic carbocycles. The first-order chi connectivity index (χ1) is 7.72. The normalized spacial score (nSPS) is 13.2. The van der Waals surface area contributed by atoms with Crippen LogP contribution in [0.1, 0.15) is 25.8 Å². The first kappa shape index (κ1) is 11.2. The quantitative estimate of drug-likeness (QED) is 0.837. The molecule has 0 spiro atoms. The van der Waals surface area contributed by atoms with Crippen molar-refractivity contribution in [2.45, 2.75) is 39.3 Å². The Bertz CT molecular complexity index is 469. The predicted octanol–water partition coefficient (Wildman–Crippen LogP) is 2.94. The fourth-order valence-electron chi connectivity index (χ4n) is 2.26. The largest absolute Gasteiger partial charge is 0.347 e. The Morgan fingerprint density at radius 3 is 2.75 bits per heavy atom. The fraction of sp³-hybridized carbons (Fsp3) is 0.429. The summed E-state index contributed by atoms with van der Waals surface area (Å²) in [5, 5.41) is 1.35. The standard InChI is InChI=1S/C14H20N2/c1-3-8-16-10-12(9-11(2)15)13-6-4-5-7-14(13)16/h4-7,10-11H,3,8-9,15H2,1-2H3/t11-/m1/s1. The third-order valence-electron chi connectivity index (χ3n) is 2.88. The Kier molecular flexibility index (Phi) is 3.30. The molecule has 2 N–H and O–H groups in total. The summed E-state index contributed by atoms with van der Waals surface area (Å²) in [7, 11) is 0. The van der Waals surface area contributed by atoms with E-state index in [2.05, 4.69) is 48.9 Å². The van der Waals surface area contributed by atoms with Gasteiger partial charge in [0.25, 0.3) is 0 Å². The summed E-state index contributed by atoms with van der Waals surface area (Å²) in [5.41, 5.74) is 8.60. The van der Waals surface area contributed by atoms with E-state index in [1.807, 2.05) is 0 Å². The van der Waals surface area contributed by atoms with Crippen molar-refractivity contribution in [2.24, 2.45) is 5.73 Å². The fourth-order valence-corrected chi connectivity index (χ4v) is 2.26. The lowest BCUT2D eigenvalue weighted by Gasteiger charge is -2.02. The van der Waals surface area contributed by atoms with E-state index in [1.54, 1.807) is 0 Å². The summed E-state index contributed by atoms with van der Waals surface area (Å²) in [4.78, 5) is 0. The molecule has 0 fully saturated rings. The summed E-state index contributed by atoms with van der Waals surface area (Å²) in [6.45, 7) is 5.35. The zero-order chi connectivity index (χ0) is 11.5. The number of hydrogen-bond acceptors (Lipinski definition) is 1. The Morgan fingerprint density at radius 1 is 1.31 bits per heavy atom. The van der Waals surface area contributed by atoms with Gasteiger partial charge in [-0.15, -0.1) is 0 Å².